The Bertz CT molecular complexity index is 1760. The summed E-state index contributed by atoms with van der Waals surface area (Å²) in [5, 5.41) is 1.50. The van der Waals surface area contributed by atoms with E-state index in [-0.39, 0.29) is 29.8 Å². The normalized spacial score (nSPS) is 17.3. The number of carbonyl (C=O) groups is 1. The smallest absolute Gasteiger partial charge is 0.349 e. The zero-order valence-electron chi connectivity index (χ0n) is 25.3. The minimum Gasteiger partial charge on any atom is -0.349 e. The Labute approximate surface area is 262 Å². The third-order valence-electron chi connectivity index (χ3n) is 8.02. The number of amides is 1. The maximum Gasteiger partial charge on any atom is 0.355 e. The second-order valence-electron chi connectivity index (χ2n) is 11.7. The fourth-order valence-corrected chi connectivity index (χ4v) is 6.31. The van der Waals surface area contributed by atoms with Gasteiger partial charge in [0.2, 0.25) is 5.91 Å². The van der Waals surface area contributed by atoms with Crippen molar-refractivity contribution in [2.45, 2.75) is 65.5 Å². The van der Waals surface area contributed by atoms with E-state index in [4.69, 9.17) is 38.2 Å². The molecule has 4 heterocycles. The van der Waals surface area contributed by atoms with Gasteiger partial charge in [0.05, 0.1) is 32.5 Å². The van der Waals surface area contributed by atoms with Crippen LogP contribution in [0.2, 0.25) is 10.0 Å². The Morgan fingerprint density at radius 1 is 1.00 bits per heavy atom. The number of rotatable bonds is 6. The van der Waals surface area contributed by atoms with Gasteiger partial charge in [0, 0.05) is 36.9 Å². The first-order chi connectivity index (χ1) is 20.4. The summed E-state index contributed by atoms with van der Waals surface area (Å²) >= 11 is 13.5. The van der Waals surface area contributed by atoms with Crippen LogP contribution in [0.25, 0.3) is 28.0 Å². The highest BCUT2D eigenvalue weighted by atomic mass is 35.5. The average Bonchev–Trinajstić information content (AvgIpc) is 2.97. The van der Waals surface area contributed by atoms with Crippen LogP contribution in [0.5, 0.6) is 0 Å². The van der Waals surface area contributed by atoms with Gasteiger partial charge in [-0.3, -0.25) is 9.78 Å². The molecule has 8 nitrogen and oxygen atoms in total. The van der Waals surface area contributed by atoms with Crippen molar-refractivity contribution >= 4 is 46.0 Å². The summed E-state index contributed by atoms with van der Waals surface area (Å²) in [7, 11) is 0. The zero-order chi connectivity index (χ0) is 31.2. The first-order valence-electron chi connectivity index (χ1n) is 14.5. The number of carbonyl (C=O) groups excluding carboxylic acids is 1. The van der Waals surface area contributed by atoms with E-state index in [9.17, 15) is 9.59 Å². The van der Waals surface area contributed by atoms with Crippen LogP contribution in [0.15, 0.2) is 60.0 Å². The van der Waals surface area contributed by atoms with Crippen LogP contribution in [0, 0.1) is 0 Å². The lowest BCUT2D eigenvalue weighted by Crippen LogP contribution is -2.58. The van der Waals surface area contributed by atoms with Crippen molar-refractivity contribution in [3.05, 3.63) is 87.0 Å². The third kappa shape index (κ3) is 5.54. The number of hydrogen-bond acceptors (Lipinski definition) is 6. The first-order valence-corrected chi connectivity index (χ1v) is 15.3. The molecule has 224 valence electrons. The van der Waals surface area contributed by atoms with E-state index in [1.54, 1.807) is 21.7 Å². The number of aromatic nitrogens is 4. The second kappa shape index (κ2) is 12.1. The average molecular weight is 620 g/mol. The highest BCUT2D eigenvalue weighted by Crippen LogP contribution is 2.38. The molecular formula is C33H36Cl2N6O2. The molecule has 1 saturated heterocycles. The van der Waals surface area contributed by atoms with Crippen LogP contribution >= 0.6 is 23.2 Å². The number of fused-ring (bicyclic) bond motifs is 1. The van der Waals surface area contributed by atoms with Crippen molar-refractivity contribution in [3.63, 3.8) is 0 Å². The van der Waals surface area contributed by atoms with Gasteiger partial charge in [-0.1, -0.05) is 75.7 Å². The number of nitrogens with zero attached hydrogens (tertiary/aromatic N) is 6. The SMILES string of the molecule is C=CC(=O)N1CC(C)N(c2nc(=O)n(-c3c(C(C)C)ccnc3C(C)C)c3nc(-c4ccccc4Cl)c(Cl)cc23)CC1C. The van der Waals surface area contributed by atoms with E-state index in [1.807, 2.05) is 44.2 Å². The van der Waals surface area contributed by atoms with Crippen molar-refractivity contribution in [1.29, 1.82) is 0 Å². The number of piperazine rings is 1. The van der Waals surface area contributed by atoms with Gasteiger partial charge in [-0.05, 0) is 55.5 Å². The van der Waals surface area contributed by atoms with Gasteiger partial charge in [0.25, 0.3) is 0 Å². The fourth-order valence-electron chi connectivity index (χ4n) is 5.83. The van der Waals surface area contributed by atoms with Crippen molar-refractivity contribution in [2.75, 3.05) is 18.0 Å². The molecular weight excluding hydrogens is 583 g/mol. The summed E-state index contributed by atoms with van der Waals surface area (Å²) in [4.78, 5) is 45.1. The molecule has 1 aromatic carbocycles. The van der Waals surface area contributed by atoms with E-state index in [0.717, 1.165) is 11.3 Å². The summed E-state index contributed by atoms with van der Waals surface area (Å²) in [6, 6.07) is 10.9. The number of anilines is 1. The summed E-state index contributed by atoms with van der Waals surface area (Å²) < 4.78 is 1.58. The number of benzene rings is 1. The molecule has 1 aliphatic rings. The van der Waals surface area contributed by atoms with Gasteiger partial charge in [0.1, 0.15) is 5.82 Å². The molecule has 0 spiro atoms. The van der Waals surface area contributed by atoms with Gasteiger partial charge in [-0.25, -0.2) is 14.3 Å². The molecule has 2 unspecified atom stereocenters. The van der Waals surface area contributed by atoms with Gasteiger partial charge in [0.15, 0.2) is 5.65 Å². The summed E-state index contributed by atoms with van der Waals surface area (Å²) in [5.74, 6) is 0.480. The molecule has 1 amide bonds. The van der Waals surface area contributed by atoms with Crippen molar-refractivity contribution < 1.29 is 4.79 Å². The van der Waals surface area contributed by atoms with Gasteiger partial charge >= 0.3 is 5.69 Å². The Morgan fingerprint density at radius 2 is 1.72 bits per heavy atom. The largest absolute Gasteiger partial charge is 0.355 e. The summed E-state index contributed by atoms with van der Waals surface area (Å²) in [5.41, 5.74) is 3.49. The predicted octanol–water partition coefficient (Wildman–Crippen LogP) is 7.01. The van der Waals surface area contributed by atoms with E-state index >= 15 is 0 Å². The first kappa shape index (κ1) is 30.7. The van der Waals surface area contributed by atoms with Crippen molar-refractivity contribution in [2.24, 2.45) is 0 Å². The molecule has 5 rings (SSSR count). The van der Waals surface area contributed by atoms with Crippen LogP contribution in [-0.2, 0) is 4.79 Å². The van der Waals surface area contributed by atoms with E-state index in [2.05, 4.69) is 39.2 Å². The lowest BCUT2D eigenvalue weighted by atomic mass is 9.97. The standard InChI is InChI=1S/C33H36Cl2N6O2/c1-8-27(42)39-16-21(7)40(17-20(39)6)31-24-15-26(35)29(23-11-9-10-12-25(23)34)37-32(24)41(33(43)38-31)30-22(18(2)3)13-14-36-28(30)19(4)5/h8-15,18-21H,1,16-17H2,2-7H3. The third-order valence-corrected chi connectivity index (χ3v) is 8.64. The van der Waals surface area contributed by atoms with Crippen LogP contribution in [0.1, 0.15) is 64.6 Å². The Kier molecular flexibility index (Phi) is 8.63. The lowest BCUT2D eigenvalue weighted by Gasteiger charge is -2.44. The molecule has 2 atom stereocenters. The highest BCUT2D eigenvalue weighted by molar-refractivity contribution is 6.36. The molecule has 10 heteroatoms. The molecule has 0 aliphatic carbocycles. The monoisotopic (exact) mass is 618 g/mol. The maximum atomic E-state index is 14.3. The molecule has 0 bridgehead atoms. The quantitative estimate of drug-likeness (QED) is 0.216. The molecule has 3 aromatic heterocycles. The Hall–Kier alpha value is -3.75. The molecule has 43 heavy (non-hydrogen) atoms. The molecule has 4 aromatic rings. The molecule has 1 aliphatic heterocycles. The van der Waals surface area contributed by atoms with Crippen LogP contribution < -0.4 is 10.6 Å². The second-order valence-corrected chi connectivity index (χ2v) is 12.5. The predicted molar refractivity (Wildman–Crippen MR) is 175 cm³/mol. The molecule has 0 N–H and O–H groups in total. The fraction of sp³-hybridized carbons (Fsp3) is 0.364. The van der Waals surface area contributed by atoms with Crippen molar-refractivity contribution in [1.82, 2.24) is 24.4 Å². The van der Waals surface area contributed by atoms with Crippen LogP contribution in [0.4, 0.5) is 5.82 Å². The van der Waals surface area contributed by atoms with Gasteiger partial charge < -0.3 is 9.80 Å². The molecule has 1 fully saturated rings. The molecule has 0 radical (unpaired) electrons. The van der Waals surface area contributed by atoms with Gasteiger partial charge in [-0.15, -0.1) is 0 Å². The highest BCUT2D eigenvalue weighted by Gasteiger charge is 2.34. The minimum atomic E-state index is -0.469. The summed E-state index contributed by atoms with van der Waals surface area (Å²) in [6.07, 6.45) is 3.12. The lowest BCUT2D eigenvalue weighted by molar-refractivity contribution is -0.128. The van der Waals surface area contributed by atoms with E-state index in [1.165, 1.54) is 6.08 Å². The molecule has 0 saturated carbocycles. The Balaban J connectivity index is 1.86. The number of halogens is 2. The minimum absolute atomic E-state index is 0.0296. The maximum absolute atomic E-state index is 14.3. The zero-order valence-corrected chi connectivity index (χ0v) is 26.8. The summed E-state index contributed by atoms with van der Waals surface area (Å²) in [6.45, 7) is 16.8. The van der Waals surface area contributed by atoms with Crippen molar-refractivity contribution in [3.8, 4) is 16.9 Å². The van der Waals surface area contributed by atoms with E-state index in [0.29, 0.717) is 56.9 Å². The number of pyridine rings is 2. The van der Waals surface area contributed by atoms with Crippen LogP contribution in [-0.4, -0.2) is 55.5 Å². The number of hydrogen-bond donors (Lipinski definition) is 0. The van der Waals surface area contributed by atoms with E-state index < -0.39 is 5.69 Å². The van der Waals surface area contributed by atoms with Crippen LogP contribution in [0.3, 0.4) is 0 Å². The Morgan fingerprint density at radius 3 is 2.37 bits per heavy atom. The van der Waals surface area contributed by atoms with Gasteiger partial charge in [-0.2, -0.15) is 4.98 Å². The topological polar surface area (TPSA) is 84.2 Å².